The Morgan fingerprint density at radius 3 is 2.08 bits per heavy atom. The van der Waals surface area contributed by atoms with Crippen LogP contribution < -0.4 is 0 Å². The maximum Gasteiger partial charge on any atom is 0.338 e. The number of benzene rings is 2. The number of hydrogen-bond acceptors (Lipinski definition) is 5. The molecule has 0 saturated carbocycles. The summed E-state index contributed by atoms with van der Waals surface area (Å²) in [5.74, 6) is 0.254. The average molecular weight is 548 g/mol. The molecule has 0 spiro atoms. The summed E-state index contributed by atoms with van der Waals surface area (Å²) in [5, 5.41) is 0.681. The Kier molecular flexibility index (Phi) is 12.5. The molecule has 0 N–H and O–H groups in total. The van der Waals surface area contributed by atoms with Crippen LogP contribution in [0.5, 0.6) is 0 Å². The fourth-order valence-electron chi connectivity index (χ4n) is 5.13. The van der Waals surface area contributed by atoms with Crippen molar-refractivity contribution >= 4 is 22.7 Å². The molecule has 3 rings (SSSR count). The van der Waals surface area contributed by atoms with E-state index < -0.39 is 0 Å². The van der Waals surface area contributed by atoms with Gasteiger partial charge in [0.15, 0.2) is 5.78 Å². The first-order chi connectivity index (χ1) is 19.3. The first kappa shape index (κ1) is 31.6. The number of rotatable bonds is 17. The highest BCUT2D eigenvalue weighted by atomic mass is 16.5. The van der Waals surface area contributed by atoms with Gasteiger partial charge in [0, 0.05) is 17.4 Å². The number of ether oxygens (including phenoxy) is 1. The smallest absolute Gasteiger partial charge is 0.338 e. The predicted molar refractivity (Wildman–Crippen MR) is 165 cm³/mol. The molecular weight excluding hydrogens is 498 g/mol. The van der Waals surface area contributed by atoms with Crippen molar-refractivity contribution in [1.29, 1.82) is 0 Å². The summed E-state index contributed by atoms with van der Waals surface area (Å²) >= 11 is 0. The second kappa shape index (κ2) is 15.8. The Balaban J connectivity index is 1.82. The van der Waals surface area contributed by atoms with E-state index in [-0.39, 0.29) is 17.9 Å². The van der Waals surface area contributed by atoms with Crippen molar-refractivity contribution in [1.82, 2.24) is 4.90 Å². The summed E-state index contributed by atoms with van der Waals surface area (Å²) < 4.78 is 11.7. The van der Waals surface area contributed by atoms with Gasteiger partial charge in [0.2, 0.25) is 0 Å². The Morgan fingerprint density at radius 2 is 1.48 bits per heavy atom. The number of aryl methyl sites for hydroxylation is 3. The summed E-state index contributed by atoms with van der Waals surface area (Å²) in [5.41, 5.74) is 4.35. The summed E-state index contributed by atoms with van der Waals surface area (Å²) in [6.45, 7) is 15.6. The van der Waals surface area contributed by atoms with E-state index in [0.29, 0.717) is 39.8 Å². The molecule has 0 radical (unpaired) electrons. The van der Waals surface area contributed by atoms with Crippen LogP contribution in [0.15, 0.2) is 40.8 Å². The Bertz CT molecular complexity index is 1230. The summed E-state index contributed by atoms with van der Waals surface area (Å²) in [6.07, 6.45) is 9.47. The van der Waals surface area contributed by atoms with Gasteiger partial charge in [-0.25, -0.2) is 4.79 Å². The van der Waals surface area contributed by atoms with Crippen molar-refractivity contribution in [3.05, 3.63) is 70.0 Å². The number of nitrogens with zero attached hydrogens (tertiary/aromatic N) is 1. The predicted octanol–water partition coefficient (Wildman–Crippen LogP) is 8.71. The van der Waals surface area contributed by atoms with Crippen LogP contribution in [0.1, 0.15) is 123 Å². The number of carbonyl (C=O) groups is 2. The molecule has 0 aliphatic carbocycles. The van der Waals surface area contributed by atoms with E-state index in [1.54, 1.807) is 6.07 Å². The molecule has 3 aromatic rings. The monoisotopic (exact) mass is 547 g/mol. The zero-order valence-corrected chi connectivity index (χ0v) is 25.6. The van der Waals surface area contributed by atoms with Gasteiger partial charge in [-0.15, -0.1) is 0 Å². The van der Waals surface area contributed by atoms with Gasteiger partial charge in [0.05, 0.1) is 17.2 Å². The second-order valence-electron chi connectivity index (χ2n) is 11.3. The van der Waals surface area contributed by atoms with Gasteiger partial charge < -0.3 is 14.1 Å². The van der Waals surface area contributed by atoms with Gasteiger partial charge in [-0.1, -0.05) is 64.3 Å². The standard InChI is InChI=1S/C35H49NO4/c1-7-10-15-31-33(30-24-29(35(38)39-25(4)5)26(6)23-32(30)40-31)34(37)28-18-16-27(17-19-28)14-13-22-36(20-11-8-2)21-12-9-3/h16-19,23-25H,7-15,20-22H2,1-6H3. The SMILES string of the molecule is CCCCc1oc2cc(C)c(C(=O)OC(C)C)cc2c1C(=O)c1ccc(CCCN(CCCC)CCCC)cc1. The molecule has 0 aliphatic rings. The third kappa shape index (κ3) is 8.54. The molecule has 0 unspecified atom stereocenters. The summed E-state index contributed by atoms with van der Waals surface area (Å²) in [4.78, 5) is 29.3. The van der Waals surface area contributed by atoms with Crippen LogP contribution >= 0.6 is 0 Å². The molecule has 40 heavy (non-hydrogen) atoms. The van der Waals surface area contributed by atoms with Crippen molar-refractivity contribution in [2.24, 2.45) is 0 Å². The van der Waals surface area contributed by atoms with Crippen LogP contribution in [0.4, 0.5) is 0 Å². The number of fused-ring (bicyclic) bond motifs is 1. The first-order valence-corrected chi connectivity index (χ1v) is 15.4. The lowest BCUT2D eigenvalue weighted by Gasteiger charge is -2.21. The van der Waals surface area contributed by atoms with Crippen LogP contribution in [-0.4, -0.2) is 42.4 Å². The minimum Gasteiger partial charge on any atom is -0.460 e. The quantitative estimate of drug-likeness (QED) is 0.125. The molecule has 0 fully saturated rings. The molecule has 0 amide bonds. The first-order valence-electron chi connectivity index (χ1n) is 15.4. The van der Waals surface area contributed by atoms with Crippen molar-refractivity contribution in [2.45, 2.75) is 105 Å². The highest BCUT2D eigenvalue weighted by Crippen LogP contribution is 2.32. The molecular formula is C35H49NO4. The fraction of sp³-hybridized carbons (Fsp3) is 0.543. The van der Waals surface area contributed by atoms with E-state index in [2.05, 4.69) is 37.8 Å². The van der Waals surface area contributed by atoms with Gasteiger partial charge in [-0.2, -0.15) is 0 Å². The van der Waals surface area contributed by atoms with E-state index in [1.807, 2.05) is 39.0 Å². The number of hydrogen-bond donors (Lipinski definition) is 0. The molecule has 5 heteroatoms. The van der Waals surface area contributed by atoms with Gasteiger partial charge in [-0.05, 0) is 95.8 Å². The van der Waals surface area contributed by atoms with Crippen molar-refractivity contribution < 1.29 is 18.7 Å². The Morgan fingerprint density at radius 1 is 0.850 bits per heavy atom. The maximum absolute atomic E-state index is 13.9. The second-order valence-corrected chi connectivity index (χ2v) is 11.3. The molecule has 5 nitrogen and oxygen atoms in total. The minimum absolute atomic E-state index is 0.0614. The number of ketones is 1. The third-order valence-electron chi connectivity index (χ3n) is 7.47. The van der Waals surface area contributed by atoms with E-state index >= 15 is 0 Å². The third-order valence-corrected chi connectivity index (χ3v) is 7.47. The van der Waals surface area contributed by atoms with Gasteiger partial charge in [-0.3, -0.25) is 4.79 Å². The van der Waals surface area contributed by atoms with Crippen LogP contribution in [0.25, 0.3) is 11.0 Å². The number of furan rings is 1. The topological polar surface area (TPSA) is 59.8 Å². The molecule has 2 aromatic carbocycles. The highest BCUT2D eigenvalue weighted by Gasteiger charge is 2.24. The summed E-state index contributed by atoms with van der Waals surface area (Å²) in [7, 11) is 0. The zero-order chi connectivity index (χ0) is 29.1. The number of esters is 1. The lowest BCUT2D eigenvalue weighted by molar-refractivity contribution is 0.0377. The van der Waals surface area contributed by atoms with Gasteiger partial charge in [0.1, 0.15) is 11.3 Å². The lowest BCUT2D eigenvalue weighted by Crippen LogP contribution is -2.27. The van der Waals surface area contributed by atoms with E-state index in [4.69, 9.17) is 9.15 Å². The van der Waals surface area contributed by atoms with Crippen LogP contribution in [0.3, 0.4) is 0 Å². The Labute approximate surface area is 241 Å². The van der Waals surface area contributed by atoms with Gasteiger partial charge in [0.25, 0.3) is 0 Å². The van der Waals surface area contributed by atoms with Gasteiger partial charge >= 0.3 is 5.97 Å². The molecule has 0 aliphatic heterocycles. The minimum atomic E-state index is -0.378. The summed E-state index contributed by atoms with van der Waals surface area (Å²) in [6, 6.07) is 11.7. The average Bonchev–Trinajstić information content (AvgIpc) is 3.28. The van der Waals surface area contributed by atoms with E-state index in [9.17, 15) is 9.59 Å². The largest absolute Gasteiger partial charge is 0.460 e. The van der Waals surface area contributed by atoms with Crippen LogP contribution in [0.2, 0.25) is 0 Å². The van der Waals surface area contributed by atoms with Crippen molar-refractivity contribution in [3.63, 3.8) is 0 Å². The molecule has 0 saturated heterocycles. The molecule has 0 bridgehead atoms. The normalized spacial score (nSPS) is 11.6. The molecule has 1 aromatic heterocycles. The highest BCUT2D eigenvalue weighted by molar-refractivity contribution is 6.17. The Hall–Kier alpha value is -2.92. The molecule has 1 heterocycles. The van der Waals surface area contributed by atoms with Crippen molar-refractivity contribution in [3.8, 4) is 0 Å². The lowest BCUT2D eigenvalue weighted by atomic mass is 9.95. The van der Waals surface area contributed by atoms with Crippen LogP contribution in [0, 0.1) is 6.92 Å². The zero-order valence-electron chi connectivity index (χ0n) is 25.6. The van der Waals surface area contributed by atoms with Crippen molar-refractivity contribution in [2.75, 3.05) is 19.6 Å². The molecule has 0 atom stereocenters. The number of carbonyl (C=O) groups excluding carboxylic acids is 2. The maximum atomic E-state index is 13.9. The fourth-order valence-corrected chi connectivity index (χ4v) is 5.13. The van der Waals surface area contributed by atoms with Crippen LogP contribution in [-0.2, 0) is 17.6 Å². The van der Waals surface area contributed by atoms with E-state index in [1.165, 1.54) is 44.3 Å². The number of unbranched alkanes of at least 4 members (excludes halogenated alkanes) is 3. The molecule has 218 valence electrons. The van der Waals surface area contributed by atoms with E-state index in [0.717, 1.165) is 37.8 Å².